The normalized spacial score (nSPS) is 17.3. The Labute approximate surface area is 217 Å². The molecule has 0 radical (unpaired) electrons. The number of imidazole rings is 1. The zero-order valence-corrected chi connectivity index (χ0v) is 21.6. The second-order valence-electron chi connectivity index (χ2n) is 8.64. The summed E-state index contributed by atoms with van der Waals surface area (Å²) in [6, 6.07) is 12.5. The minimum Gasteiger partial charge on any atom is -0.495 e. The van der Waals surface area contributed by atoms with Crippen molar-refractivity contribution in [1.82, 2.24) is 19.5 Å². The van der Waals surface area contributed by atoms with E-state index in [9.17, 15) is 4.39 Å². The molecule has 0 N–H and O–H groups in total. The highest BCUT2D eigenvalue weighted by atomic mass is 35.5. The average Bonchev–Trinajstić information content (AvgIpc) is 3.24. The number of aromatic nitrogens is 4. The monoisotopic (exact) mass is 528 g/mol. The maximum atomic E-state index is 13.8. The fourth-order valence-corrected chi connectivity index (χ4v) is 6.14. The number of benzene rings is 2. The van der Waals surface area contributed by atoms with Crippen LogP contribution in [0.25, 0.3) is 5.69 Å². The Kier molecular flexibility index (Phi) is 6.75. The van der Waals surface area contributed by atoms with Gasteiger partial charge in [0, 0.05) is 23.1 Å². The number of methoxy groups -OCH3 is 1. The van der Waals surface area contributed by atoms with E-state index in [4.69, 9.17) is 32.9 Å². The van der Waals surface area contributed by atoms with Crippen LogP contribution in [0.3, 0.4) is 0 Å². The molecule has 0 spiro atoms. The zero-order chi connectivity index (χ0) is 24.6. The molecule has 0 saturated heterocycles. The lowest BCUT2D eigenvalue weighted by Crippen LogP contribution is -2.31. The molecule has 2 aromatic carbocycles. The first-order valence-corrected chi connectivity index (χ1v) is 12.9. The van der Waals surface area contributed by atoms with Gasteiger partial charge in [0.2, 0.25) is 0 Å². The molecule has 1 aliphatic carbocycles. The van der Waals surface area contributed by atoms with Gasteiger partial charge in [-0.05, 0) is 68.1 Å². The molecule has 0 saturated carbocycles. The summed E-state index contributed by atoms with van der Waals surface area (Å²) in [5, 5.41) is 1.90. The second-order valence-corrected chi connectivity index (χ2v) is 10.4. The minimum atomic E-state index is -0.349. The van der Waals surface area contributed by atoms with Gasteiger partial charge in [-0.15, -0.1) is 0 Å². The summed E-state index contributed by atoms with van der Waals surface area (Å²) >= 11 is 14.2. The Morgan fingerprint density at radius 1 is 1.14 bits per heavy atom. The van der Waals surface area contributed by atoms with Gasteiger partial charge in [-0.3, -0.25) is 4.57 Å². The number of rotatable bonds is 6. The highest BCUT2D eigenvalue weighted by molar-refractivity contribution is 7.98. The average molecular weight is 529 g/mol. The number of ether oxygens (including phenoxy) is 1. The molecule has 0 amide bonds. The summed E-state index contributed by atoms with van der Waals surface area (Å²) in [6.07, 6.45) is 5.87. The predicted octanol–water partition coefficient (Wildman–Crippen LogP) is 7.05. The lowest BCUT2D eigenvalue weighted by Gasteiger charge is -2.36. The Balaban J connectivity index is 1.66. The predicted molar refractivity (Wildman–Crippen MR) is 138 cm³/mol. The minimum absolute atomic E-state index is 0.282. The lowest BCUT2D eigenvalue weighted by atomic mass is 9.71. The lowest BCUT2D eigenvalue weighted by molar-refractivity contribution is 0.407. The Morgan fingerprint density at radius 2 is 1.94 bits per heavy atom. The molecule has 9 heteroatoms. The standard InChI is InChI=1S/C26H23Cl2FN4OS/c1-26(16-5-10-19(27)23(12-16)34-2)11-3-4-21-24(26)33(18-8-6-17(29)7-9-18)25(32-21)35-14-22-20(28)13-30-15-31-22/h5-10,12-13,15H,3-4,11,14H2,1-2H3. The number of thioether (sulfide) groups is 1. The van der Waals surface area contributed by atoms with Crippen LogP contribution in [0.1, 0.15) is 42.4 Å². The van der Waals surface area contributed by atoms with E-state index >= 15 is 0 Å². The van der Waals surface area contributed by atoms with E-state index in [1.807, 2.05) is 12.1 Å². The van der Waals surface area contributed by atoms with Crippen LogP contribution in [-0.4, -0.2) is 26.6 Å². The summed E-state index contributed by atoms with van der Waals surface area (Å²) in [6.45, 7) is 2.23. The highest BCUT2D eigenvalue weighted by Crippen LogP contribution is 2.46. The van der Waals surface area contributed by atoms with Gasteiger partial charge in [-0.25, -0.2) is 19.3 Å². The number of hydrogen-bond donors (Lipinski definition) is 0. The Morgan fingerprint density at radius 3 is 2.69 bits per heavy atom. The van der Waals surface area contributed by atoms with Crippen LogP contribution in [-0.2, 0) is 17.6 Å². The molecule has 2 heterocycles. The van der Waals surface area contributed by atoms with Crippen molar-refractivity contribution in [2.24, 2.45) is 0 Å². The van der Waals surface area contributed by atoms with Crippen molar-refractivity contribution in [2.45, 2.75) is 42.5 Å². The number of fused-ring (bicyclic) bond motifs is 1. The van der Waals surface area contributed by atoms with E-state index in [-0.39, 0.29) is 11.2 Å². The maximum Gasteiger partial charge on any atom is 0.173 e. The molecule has 5 nitrogen and oxygen atoms in total. The smallest absolute Gasteiger partial charge is 0.173 e. The van der Waals surface area contributed by atoms with Gasteiger partial charge in [0.1, 0.15) is 17.9 Å². The van der Waals surface area contributed by atoms with Gasteiger partial charge in [0.05, 0.1) is 34.2 Å². The molecule has 5 rings (SSSR count). The van der Waals surface area contributed by atoms with Gasteiger partial charge in [0.25, 0.3) is 0 Å². The third kappa shape index (κ3) is 4.53. The fraction of sp³-hybridized carbons (Fsp3) is 0.269. The molecule has 2 aromatic heterocycles. The quantitative estimate of drug-likeness (QED) is 0.251. The van der Waals surface area contributed by atoms with Crippen molar-refractivity contribution in [3.8, 4) is 11.4 Å². The summed E-state index contributed by atoms with van der Waals surface area (Å²) < 4.78 is 21.5. The van der Waals surface area contributed by atoms with Crippen molar-refractivity contribution in [2.75, 3.05) is 7.11 Å². The molecule has 0 aliphatic heterocycles. The first-order valence-electron chi connectivity index (χ1n) is 11.2. The van der Waals surface area contributed by atoms with Gasteiger partial charge in [-0.1, -0.05) is 41.0 Å². The molecule has 35 heavy (non-hydrogen) atoms. The molecule has 1 aliphatic rings. The number of nitrogens with zero attached hydrogens (tertiary/aromatic N) is 4. The van der Waals surface area contributed by atoms with Crippen molar-refractivity contribution >= 4 is 35.0 Å². The summed E-state index contributed by atoms with van der Waals surface area (Å²) in [5.41, 5.74) is 4.47. The Hall–Kier alpha value is -2.61. The van der Waals surface area contributed by atoms with Crippen LogP contribution in [0, 0.1) is 5.82 Å². The summed E-state index contributed by atoms with van der Waals surface area (Å²) in [4.78, 5) is 13.4. The number of aryl methyl sites for hydroxylation is 1. The summed E-state index contributed by atoms with van der Waals surface area (Å²) in [5.74, 6) is 0.887. The van der Waals surface area contributed by atoms with Crippen molar-refractivity contribution < 1.29 is 9.13 Å². The van der Waals surface area contributed by atoms with Crippen LogP contribution in [0.2, 0.25) is 10.0 Å². The van der Waals surface area contributed by atoms with E-state index in [2.05, 4.69) is 27.5 Å². The molecule has 1 unspecified atom stereocenters. The van der Waals surface area contributed by atoms with Gasteiger partial charge >= 0.3 is 0 Å². The van der Waals surface area contributed by atoms with Gasteiger partial charge in [-0.2, -0.15) is 0 Å². The summed E-state index contributed by atoms with van der Waals surface area (Å²) in [7, 11) is 1.62. The zero-order valence-electron chi connectivity index (χ0n) is 19.3. The third-order valence-electron chi connectivity index (χ3n) is 6.49. The van der Waals surface area contributed by atoms with Crippen LogP contribution < -0.4 is 4.74 Å². The first-order chi connectivity index (χ1) is 16.9. The van der Waals surface area contributed by atoms with E-state index in [0.29, 0.717) is 21.5 Å². The Bertz CT molecular complexity index is 1380. The molecular formula is C26H23Cl2FN4OS. The van der Waals surface area contributed by atoms with Crippen LogP contribution in [0.4, 0.5) is 4.39 Å². The fourth-order valence-electron chi connectivity index (χ4n) is 4.70. The van der Waals surface area contributed by atoms with Crippen LogP contribution >= 0.6 is 35.0 Å². The molecular weight excluding hydrogens is 506 g/mol. The molecule has 0 bridgehead atoms. The maximum absolute atomic E-state index is 13.8. The molecule has 4 aromatic rings. The van der Waals surface area contributed by atoms with E-state index in [1.165, 1.54) is 18.5 Å². The third-order valence-corrected chi connectivity index (χ3v) is 8.06. The molecule has 180 valence electrons. The SMILES string of the molecule is COc1cc(C2(C)CCCc3nc(SCc4ncncc4Cl)n(-c4ccc(F)cc4)c32)ccc1Cl. The first kappa shape index (κ1) is 24.1. The van der Waals surface area contributed by atoms with Gasteiger partial charge in [0.15, 0.2) is 5.16 Å². The van der Waals surface area contributed by atoms with E-state index in [0.717, 1.165) is 52.8 Å². The van der Waals surface area contributed by atoms with E-state index < -0.39 is 0 Å². The highest BCUT2D eigenvalue weighted by Gasteiger charge is 2.40. The van der Waals surface area contributed by atoms with Crippen molar-refractivity contribution in [3.05, 3.63) is 93.5 Å². The van der Waals surface area contributed by atoms with E-state index in [1.54, 1.807) is 37.2 Å². The number of halogens is 3. The largest absolute Gasteiger partial charge is 0.495 e. The second kappa shape index (κ2) is 9.80. The molecule has 1 atom stereocenters. The number of hydrogen-bond acceptors (Lipinski definition) is 5. The van der Waals surface area contributed by atoms with Crippen molar-refractivity contribution in [1.29, 1.82) is 0 Å². The van der Waals surface area contributed by atoms with Gasteiger partial charge < -0.3 is 4.74 Å². The topological polar surface area (TPSA) is 52.8 Å². The van der Waals surface area contributed by atoms with Crippen LogP contribution in [0.5, 0.6) is 5.75 Å². The van der Waals surface area contributed by atoms with Crippen molar-refractivity contribution in [3.63, 3.8) is 0 Å². The van der Waals surface area contributed by atoms with Crippen LogP contribution in [0.15, 0.2) is 60.1 Å². The molecule has 0 fully saturated rings.